The smallest absolute Gasteiger partial charge is 0.238 e. The van der Waals surface area contributed by atoms with Crippen molar-refractivity contribution >= 4 is 17.5 Å². The lowest BCUT2D eigenvalue weighted by molar-refractivity contribution is -0.123. The second kappa shape index (κ2) is 5.55. The van der Waals surface area contributed by atoms with Crippen LogP contribution >= 0.6 is 0 Å². The summed E-state index contributed by atoms with van der Waals surface area (Å²) in [4.78, 5) is 27.5. The van der Waals surface area contributed by atoms with Gasteiger partial charge in [-0.05, 0) is 56.2 Å². The Morgan fingerprint density at radius 3 is 2.58 bits per heavy atom. The Balaban J connectivity index is 1.72. The molecular weight excluding hydrogens is 302 g/mol. The van der Waals surface area contributed by atoms with E-state index < -0.39 is 0 Å². The Morgan fingerprint density at radius 2 is 1.88 bits per heavy atom. The summed E-state index contributed by atoms with van der Waals surface area (Å²) < 4.78 is 5.79. The molecule has 1 aromatic rings. The number of methoxy groups -OCH3 is 1. The molecule has 0 N–H and O–H groups in total. The zero-order valence-electron chi connectivity index (χ0n) is 14.2. The Morgan fingerprint density at radius 1 is 1.12 bits per heavy atom. The van der Waals surface area contributed by atoms with Crippen LogP contribution in [0.4, 0.5) is 5.69 Å². The molecular formula is C20H23NO3. The SMILES string of the molecule is CO[C@@]1(C)CCC[C@H]2C1=CC[C@H]1C(=O)N(c3ccccc3)C(=O)[C@H]12. The van der Waals surface area contributed by atoms with Gasteiger partial charge in [0.1, 0.15) is 0 Å². The van der Waals surface area contributed by atoms with Crippen molar-refractivity contribution in [2.24, 2.45) is 17.8 Å². The van der Waals surface area contributed by atoms with Crippen LogP contribution in [-0.4, -0.2) is 24.5 Å². The average Bonchev–Trinajstić information content (AvgIpc) is 2.87. The molecule has 24 heavy (non-hydrogen) atoms. The number of carbonyl (C=O) groups excluding carboxylic acids is 2. The minimum absolute atomic E-state index is 0.0350. The highest BCUT2D eigenvalue weighted by Crippen LogP contribution is 2.51. The highest BCUT2D eigenvalue weighted by Gasteiger charge is 2.56. The van der Waals surface area contributed by atoms with Crippen LogP contribution in [0.5, 0.6) is 0 Å². The maximum absolute atomic E-state index is 13.1. The molecule has 1 saturated carbocycles. The van der Waals surface area contributed by atoms with Crippen molar-refractivity contribution in [2.75, 3.05) is 12.0 Å². The lowest BCUT2D eigenvalue weighted by Crippen LogP contribution is -2.44. The first-order valence-electron chi connectivity index (χ1n) is 8.75. The topological polar surface area (TPSA) is 46.6 Å². The number of imide groups is 1. The van der Waals surface area contributed by atoms with Gasteiger partial charge in [0.25, 0.3) is 0 Å². The van der Waals surface area contributed by atoms with Crippen LogP contribution in [0.3, 0.4) is 0 Å². The van der Waals surface area contributed by atoms with Crippen LogP contribution in [0, 0.1) is 17.8 Å². The highest BCUT2D eigenvalue weighted by atomic mass is 16.5. The zero-order valence-corrected chi connectivity index (χ0v) is 14.2. The first kappa shape index (κ1) is 15.6. The third kappa shape index (κ3) is 2.09. The standard InChI is InChI=1S/C20H23NO3/c1-20(24-2)12-6-9-14-16(20)11-10-15-17(14)19(23)21(18(15)22)13-7-4-3-5-8-13/h3-5,7-8,11,14-15,17H,6,9-10,12H2,1-2H3/t14-,15+,17-,20-/m0/s1. The third-order valence-electron chi connectivity index (χ3n) is 6.15. The van der Waals surface area contributed by atoms with E-state index in [1.165, 1.54) is 10.5 Å². The summed E-state index contributed by atoms with van der Waals surface area (Å²) >= 11 is 0. The Labute approximate surface area is 142 Å². The summed E-state index contributed by atoms with van der Waals surface area (Å²) in [6, 6.07) is 9.30. The van der Waals surface area contributed by atoms with Crippen molar-refractivity contribution in [2.45, 2.75) is 38.2 Å². The van der Waals surface area contributed by atoms with Crippen LogP contribution in [0.2, 0.25) is 0 Å². The first-order chi connectivity index (χ1) is 11.6. The largest absolute Gasteiger partial charge is 0.374 e. The molecule has 0 radical (unpaired) electrons. The number of ether oxygens (including phenoxy) is 1. The molecule has 0 bridgehead atoms. The van der Waals surface area contributed by atoms with Gasteiger partial charge in [-0.2, -0.15) is 0 Å². The quantitative estimate of drug-likeness (QED) is 0.619. The molecule has 0 spiro atoms. The predicted octanol–water partition coefficient (Wildman–Crippen LogP) is 3.33. The fraction of sp³-hybridized carbons (Fsp3) is 0.500. The van der Waals surface area contributed by atoms with Crippen molar-refractivity contribution in [3.8, 4) is 0 Å². The molecule has 1 saturated heterocycles. The zero-order chi connectivity index (χ0) is 16.9. The van der Waals surface area contributed by atoms with E-state index in [4.69, 9.17) is 4.74 Å². The molecule has 2 amide bonds. The number of hydrogen-bond acceptors (Lipinski definition) is 3. The number of anilines is 1. The Kier molecular flexibility index (Phi) is 3.61. The summed E-state index contributed by atoms with van der Waals surface area (Å²) in [7, 11) is 1.74. The van der Waals surface area contributed by atoms with Gasteiger partial charge in [-0.15, -0.1) is 0 Å². The number of amides is 2. The fourth-order valence-corrected chi connectivity index (χ4v) is 4.85. The lowest BCUT2D eigenvalue weighted by Gasteiger charge is -2.45. The number of rotatable bonds is 2. The highest BCUT2D eigenvalue weighted by molar-refractivity contribution is 6.22. The molecule has 1 aromatic carbocycles. The fourth-order valence-electron chi connectivity index (χ4n) is 4.85. The van der Waals surface area contributed by atoms with E-state index in [0.29, 0.717) is 12.1 Å². The molecule has 4 nitrogen and oxygen atoms in total. The van der Waals surface area contributed by atoms with E-state index in [2.05, 4.69) is 13.0 Å². The molecule has 2 aliphatic carbocycles. The van der Waals surface area contributed by atoms with Crippen molar-refractivity contribution in [1.82, 2.24) is 0 Å². The van der Waals surface area contributed by atoms with Gasteiger partial charge in [0.15, 0.2) is 0 Å². The van der Waals surface area contributed by atoms with E-state index in [-0.39, 0.29) is 35.2 Å². The van der Waals surface area contributed by atoms with Gasteiger partial charge in [0, 0.05) is 7.11 Å². The summed E-state index contributed by atoms with van der Waals surface area (Å²) in [5, 5.41) is 0. The number of allylic oxidation sites excluding steroid dienone is 1. The van der Waals surface area contributed by atoms with Gasteiger partial charge in [-0.3, -0.25) is 14.5 Å². The van der Waals surface area contributed by atoms with Gasteiger partial charge in [0.2, 0.25) is 11.8 Å². The van der Waals surface area contributed by atoms with Crippen LogP contribution < -0.4 is 4.90 Å². The van der Waals surface area contributed by atoms with E-state index >= 15 is 0 Å². The van der Waals surface area contributed by atoms with Gasteiger partial charge in [-0.25, -0.2) is 0 Å². The summed E-state index contributed by atoms with van der Waals surface area (Å²) in [6.45, 7) is 2.11. The second-order valence-corrected chi connectivity index (χ2v) is 7.31. The van der Waals surface area contributed by atoms with E-state index in [9.17, 15) is 9.59 Å². The molecule has 126 valence electrons. The minimum Gasteiger partial charge on any atom is -0.374 e. The van der Waals surface area contributed by atoms with E-state index in [1.54, 1.807) is 7.11 Å². The van der Waals surface area contributed by atoms with E-state index in [1.807, 2.05) is 30.3 Å². The molecule has 4 atom stereocenters. The van der Waals surface area contributed by atoms with Gasteiger partial charge in [-0.1, -0.05) is 24.3 Å². The monoisotopic (exact) mass is 325 g/mol. The summed E-state index contributed by atoms with van der Waals surface area (Å²) in [5.74, 6) is -0.394. The normalized spacial score (nSPS) is 35.5. The number of benzene rings is 1. The molecule has 3 aliphatic rings. The lowest BCUT2D eigenvalue weighted by atomic mass is 9.63. The number of fused-ring (bicyclic) bond motifs is 3. The summed E-state index contributed by atoms with van der Waals surface area (Å²) in [6.07, 6.45) is 5.79. The predicted molar refractivity (Wildman–Crippen MR) is 91.4 cm³/mol. The third-order valence-corrected chi connectivity index (χ3v) is 6.15. The molecule has 1 heterocycles. The summed E-state index contributed by atoms with van der Waals surface area (Å²) in [5.41, 5.74) is 1.62. The van der Waals surface area contributed by atoms with Gasteiger partial charge in [0.05, 0.1) is 23.1 Å². The van der Waals surface area contributed by atoms with Crippen LogP contribution in [0.25, 0.3) is 0 Å². The van der Waals surface area contributed by atoms with Crippen molar-refractivity contribution in [3.63, 3.8) is 0 Å². The number of para-hydroxylation sites is 1. The Bertz CT molecular complexity index is 711. The number of carbonyl (C=O) groups is 2. The van der Waals surface area contributed by atoms with Gasteiger partial charge >= 0.3 is 0 Å². The van der Waals surface area contributed by atoms with Crippen molar-refractivity contribution in [3.05, 3.63) is 42.0 Å². The molecule has 4 heteroatoms. The Hall–Kier alpha value is -1.94. The second-order valence-electron chi connectivity index (χ2n) is 7.31. The van der Waals surface area contributed by atoms with Crippen LogP contribution in [0.15, 0.2) is 42.0 Å². The molecule has 2 fully saturated rings. The van der Waals surface area contributed by atoms with Crippen molar-refractivity contribution < 1.29 is 14.3 Å². The maximum atomic E-state index is 13.1. The van der Waals surface area contributed by atoms with Gasteiger partial charge < -0.3 is 4.74 Å². The molecule has 1 aliphatic heterocycles. The first-order valence-corrected chi connectivity index (χ1v) is 8.75. The number of hydrogen-bond donors (Lipinski definition) is 0. The number of nitrogens with zero attached hydrogens (tertiary/aromatic N) is 1. The van der Waals surface area contributed by atoms with E-state index in [0.717, 1.165) is 19.3 Å². The molecule has 0 unspecified atom stereocenters. The van der Waals surface area contributed by atoms with Crippen LogP contribution in [0.1, 0.15) is 32.6 Å². The van der Waals surface area contributed by atoms with Crippen molar-refractivity contribution in [1.29, 1.82) is 0 Å². The average molecular weight is 325 g/mol. The molecule has 4 rings (SSSR count). The maximum Gasteiger partial charge on any atom is 0.238 e. The van der Waals surface area contributed by atoms with Crippen LogP contribution in [-0.2, 0) is 14.3 Å². The minimum atomic E-state index is -0.294. The molecule has 0 aromatic heterocycles.